The molecule has 0 saturated carbocycles. The van der Waals surface area contributed by atoms with Crippen molar-refractivity contribution in [3.63, 3.8) is 0 Å². The molecule has 0 bridgehead atoms. The summed E-state index contributed by atoms with van der Waals surface area (Å²) in [5, 5.41) is 5.99. The molecule has 128 valence electrons. The minimum absolute atomic E-state index is 0.293. The predicted molar refractivity (Wildman–Crippen MR) is 86.0 cm³/mol. The van der Waals surface area contributed by atoms with Gasteiger partial charge in [-0.1, -0.05) is 6.07 Å². The van der Waals surface area contributed by atoms with Crippen LogP contribution in [0.15, 0.2) is 61.1 Å². The lowest BCUT2D eigenvalue weighted by molar-refractivity contribution is -0.274. The summed E-state index contributed by atoms with van der Waals surface area (Å²) in [6.07, 6.45) is -1.71. The van der Waals surface area contributed by atoms with Crippen LogP contribution < -0.4 is 15.4 Å². The van der Waals surface area contributed by atoms with E-state index in [-0.39, 0.29) is 5.75 Å². The summed E-state index contributed by atoms with van der Waals surface area (Å²) in [7, 11) is 0. The second-order valence-corrected chi connectivity index (χ2v) is 4.83. The molecular formula is C16H12F3N5O. The average molecular weight is 347 g/mol. The van der Waals surface area contributed by atoms with Gasteiger partial charge in [-0.2, -0.15) is 0 Å². The zero-order valence-electron chi connectivity index (χ0n) is 12.7. The van der Waals surface area contributed by atoms with Crippen LogP contribution in [-0.4, -0.2) is 21.3 Å². The smallest absolute Gasteiger partial charge is 0.406 e. The van der Waals surface area contributed by atoms with Gasteiger partial charge >= 0.3 is 6.36 Å². The van der Waals surface area contributed by atoms with E-state index in [1.54, 1.807) is 24.4 Å². The summed E-state index contributed by atoms with van der Waals surface area (Å²) < 4.78 is 40.3. The minimum atomic E-state index is -4.71. The molecule has 0 amide bonds. The number of anilines is 4. The Morgan fingerprint density at radius 1 is 0.800 bits per heavy atom. The van der Waals surface area contributed by atoms with E-state index in [9.17, 15) is 13.2 Å². The number of nitrogens with one attached hydrogen (secondary N) is 2. The highest BCUT2D eigenvalue weighted by molar-refractivity contribution is 5.61. The summed E-state index contributed by atoms with van der Waals surface area (Å²) in [4.78, 5) is 12.3. The van der Waals surface area contributed by atoms with Crippen LogP contribution in [0.3, 0.4) is 0 Å². The number of alkyl halides is 3. The zero-order valence-corrected chi connectivity index (χ0v) is 12.7. The van der Waals surface area contributed by atoms with Crippen LogP contribution in [0.5, 0.6) is 5.75 Å². The van der Waals surface area contributed by atoms with Crippen molar-refractivity contribution in [2.45, 2.75) is 6.36 Å². The van der Waals surface area contributed by atoms with E-state index in [0.717, 1.165) is 0 Å². The molecule has 0 unspecified atom stereocenters. The van der Waals surface area contributed by atoms with E-state index < -0.39 is 6.36 Å². The minimum Gasteiger partial charge on any atom is -0.406 e. The van der Waals surface area contributed by atoms with Gasteiger partial charge in [0.05, 0.1) is 0 Å². The van der Waals surface area contributed by atoms with Crippen molar-refractivity contribution in [1.29, 1.82) is 0 Å². The Balaban J connectivity index is 1.68. The number of rotatable bonds is 5. The number of nitrogens with zero attached hydrogens (tertiary/aromatic N) is 3. The highest BCUT2D eigenvalue weighted by Gasteiger charge is 2.30. The third-order valence-electron chi connectivity index (χ3n) is 2.95. The van der Waals surface area contributed by atoms with Crippen molar-refractivity contribution in [2.24, 2.45) is 0 Å². The first-order valence-corrected chi connectivity index (χ1v) is 7.11. The van der Waals surface area contributed by atoms with Crippen molar-refractivity contribution >= 4 is 23.1 Å². The maximum absolute atomic E-state index is 12.1. The molecule has 3 rings (SSSR count). The van der Waals surface area contributed by atoms with E-state index in [2.05, 4.69) is 30.3 Å². The number of benzene rings is 1. The Bertz CT molecular complexity index is 825. The summed E-state index contributed by atoms with van der Waals surface area (Å²) in [6.45, 7) is 0. The number of hydrogen-bond acceptors (Lipinski definition) is 6. The molecule has 3 aromatic rings. The highest BCUT2D eigenvalue weighted by Crippen LogP contribution is 2.25. The van der Waals surface area contributed by atoms with Crippen LogP contribution in [0.2, 0.25) is 0 Å². The Labute approximate surface area is 140 Å². The summed E-state index contributed by atoms with van der Waals surface area (Å²) >= 11 is 0. The molecule has 25 heavy (non-hydrogen) atoms. The molecule has 0 spiro atoms. The lowest BCUT2D eigenvalue weighted by atomic mass is 10.3. The molecule has 1 aromatic carbocycles. The summed E-state index contributed by atoms with van der Waals surface area (Å²) in [6, 6.07) is 12.4. The van der Waals surface area contributed by atoms with Gasteiger partial charge < -0.3 is 15.4 Å². The highest BCUT2D eigenvalue weighted by atomic mass is 19.4. The van der Waals surface area contributed by atoms with Gasteiger partial charge in [0.25, 0.3) is 0 Å². The maximum Gasteiger partial charge on any atom is 0.573 e. The number of ether oxygens (including phenoxy) is 1. The number of halogens is 3. The Morgan fingerprint density at radius 2 is 1.52 bits per heavy atom. The standard InChI is InChI=1S/C16H12F3N5O/c17-16(18,19)25-12-6-4-11(5-7-12)23-14-9-15(22-10-21-14)24-13-3-1-2-8-20-13/h1-10H,(H2,20,21,22,23,24). The molecule has 0 aliphatic heterocycles. The summed E-state index contributed by atoms with van der Waals surface area (Å²) in [5.41, 5.74) is 0.553. The van der Waals surface area contributed by atoms with Gasteiger partial charge in [0.2, 0.25) is 0 Å². The second-order valence-electron chi connectivity index (χ2n) is 4.83. The van der Waals surface area contributed by atoms with Crippen LogP contribution >= 0.6 is 0 Å². The molecular weight excluding hydrogens is 335 g/mol. The predicted octanol–water partition coefficient (Wildman–Crippen LogP) is 4.26. The van der Waals surface area contributed by atoms with E-state index in [4.69, 9.17) is 0 Å². The molecule has 6 nitrogen and oxygen atoms in total. The lowest BCUT2D eigenvalue weighted by Gasteiger charge is -2.10. The maximum atomic E-state index is 12.1. The zero-order chi connectivity index (χ0) is 17.7. The Hall–Kier alpha value is -3.36. The summed E-state index contributed by atoms with van der Waals surface area (Å²) in [5.74, 6) is 1.32. The van der Waals surface area contributed by atoms with Gasteiger partial charge in [-0.15, -0.1) is 13.2 Å². The van der Waals surface area contributed by atoms with Gasteiger partial charge in [0.1, 0.15) is 29.5 Å². The van der Waals surface area contributed by atoms with E-state index in [1.165, 1.54) is 30.6 Å². The Morgan fingerprint density at radius 3 is 2.16 bits per heavy atom. The lowest BCUT2D eigenvalue weighted by Crippen LogP contribution is -2.16. The van der Waals surface area contributed by atoms with Crippen molar-refractivity contribution in [3.05, 3.63) is 61.1 Å². The van der Waals surface area contributed by atoms with Gasteiger partial charge in [-0.05, 0) is 36.4 Å². The van der Waals surface area contributed by atoms with Gasteiger partial charge in [0.15, 0.2) is 0 Å². The fraction of sp³-hybridized carbons (Fsp3) is 0.0625. The van der Waals surface area contributed by atoms with Crippen LogP contribution in [-0.2, 0) is 0 Å². The molecule has 0 saturated heterocycles. The largest absolute Gasteiger partial charge is 0.573 e. The first-order valence-electron chi connectivity index (χ1n) is 7.11. The normalized spacial score (nSPS) is 11.0. The number of pyridine rings is 1. The second kappa shape index (κ2) is 7.04. The third kappa shape index (κ3) is 5.06. The molecule has 9 heteroatoms. The number of aromatic nitrogens is 3. The molecule has 0 aliphatic carbocycles. The van der Waals surface area contributed by atoms with Crippen LogP contribution in [0.25, 0.3) is 0 Å². The fourth-order valence-electron chi connectivity index (χ4n) is 1.95. The van der Waals surface area contributed by atoms with Crippen LogP contribution in [0.1, 0.15) is 0 Å². The quantitative estimate of drug-likeness (QED) is 0.719. The molecule has 0 aliphatic rings. The van der Waals surface area contributed by atoms with Crippen molar-refractivity contribution in [3.8, 4) is 5.75 Å². The van der Waals surface area contributed by atoms with E-state index >= 15 is 0 Å². The van der Waals surface area contributed by atoms with Crippen molar-refractivity contribution in [2.75, 3.05) is 10.6 Å². The van der Waals surface area contributed by atoms with E-state index in [0.29, 0.717) is 23.1 Å². The van der Waals surface area contributed by atoms with E-state index in [1.807, 2.05) is 6.07 Å². The molecule has 2 heterocycles. The Kier molecular flexibility index (Phi) is 4.64. The monoisotopic (exact) mass is 347 g/mol. The fourth-order valence-corrected chi connectivity index (χ4v) is 1.95. The van der Waals surface area contributed by atoms with Crippen molar-refractivity contribution < 1.29 is 17.9 Å². The molecule has 0 atom stereocenters. The average Bonchev–Trinajstić information content (AvgIpc) is 2.57. The van der Waals surface area contributed by atoms with Gasteiger partial charge in [-0.25, -0.2) is 15.0 Å². The molecule has 2 aromatic heterocycles. The van der Waals surface area contributed by atoms with Crippen LogP contribution in [0.4, 0.5) is 36.3 Å². The first-order chi connectivity index (χ1) is 12.0. The topological polar surface area (TPSA) is 72.0 Å². The van der Waals surface area contributed by atoms with Gasteiger partial charge in [-0.3, -0.25) is 0 Å². The molecule has 2 N–H and O–H groups in total. The third-order valence-corrected chi connectivity index (χ3v) is 2.95. The molecule has 0 radical (unpaired) electrons. The number of hydrogen-bond donors (Lipinski definition) is 2. The van der Waals surface area contributed by atoms with Crippen LogP contribution in [0, 0.1) is 0 Å². The van der Waals surface area contributed by atoms with Crippen molar-refractivity contribution in [1.82, 2.24) is 15.0 Å². The SMILES string of the molecule is FC(F)(F)Oc1ccc(Nc2cc(Nc3ccccn3)ncn2)cc1. The molecule has 0 fully saturated rings. The first kappa shape index (κ1) is 16.5. The van der Waals surface area contributed by atoms with Gasteiger partial charge in [0, 0.05) is 18.0 Å².